The molecule has 0 bridgehead atoms. The fourth-order valence-electron chi connectivity index (χ4n) is 2.71. The molecule has 1 fully saturated rings. The molecule has 20 heavy (non-hydrogen) atoms. The molecule has 2 heterocycles. The molecule has 1 aromatic heterocycles. The van der Waals surface area contributed by atoms with Crippen molar-refractivity contribution in [3.8, 4) is 0 Å². The van der Waals surface area contributed by atoms with Crippen molar-refractivity contribution in [3.05, 3.63) is 29.7 Å². The summed E-state index contributed by atoms with van der Waals surface area (Å²) in [4.78, 5) is 14.4. The fraction of sp³-hybridized carbons (Fsp3) is 0.429. The Morgan fingerprint density at radius 3 is 3.20 bits per heavy atom. The normalized spacial score (nSPS) is 19.6. The van der Waals surface area contributed by atoms with Gasteiger partial charge in [-0.05, 0) is 32.5 Å². The van der Waals surface area contributed by atoms with E-state index in [4.69, 9.17) is 0 Å². The molecule has 0 aliphatic carbocycles. The number of H-pyrrole nitrogens is 1. The van der Waals surface area contributed by atoms with Crippen LogP contribution in [-0.2, 0) is 0 Å². The zero-order valence-electron chi connectivity index (χ0n) is 11.3. The summed E-state index contributed by atoms with van der Waals surface area (Å²) >= 11 is 0. The van der Waals surface area contributed by atoms with Crippen LogP contribution in [0.5, 0.6) is 0 Å². The van der Waals surface area contributed by atoms with Crippen molar-refractivity contribution < 1.29 is 9.18 Å². The number of benzene rings is 1. The van der Waals surface area contributed by atoms with Gasteiger partial charge in [-0.15, -0.1) is 0 Å². The third-order valence-electron chi connectivity index (χ3n) is 3.93. The van der Waals surface area contributed by atoms with Crippen molar-refractivity contribution in [2.45, 2.75) is 18.9 Å². The summed E-state index contributed by atoms with van der Waals surface area (Å²) in [5, 5.41) is 9.91. The number of hydrogen-bond acceptors (Lipinski definition) is 3. The number of carbonyl (C=O) groups is 1. The molecule has 0 unspecified atom stereocenters. The number of nitrogens with zero attached hydrogens (tertiary/aromatic N) is 2. The van der Waals surface area contributed by atoms with E-state index in [0.717, 1.165) is 19.4 Å². The second kappa shape index (κ2) is 5.20. The number of nitrogens with one attached hydrogen (secondary N) is 2. The Hall–Kier alpha value is -1.95. The molecule has 0 saturated carbocycles. The number of likely N-dealkylation sites (N-methyl/N-ethyl adjacent to an activating group) is 1. The number of aromatic amines is 1. The summed E-state index contributed by atoms with van der Waals surface area (Å²) in [6.45, 7) is 1.66. The number of amides is 1. The Kier molecular flexibility index (Phi) is 3.40. The monoisotopic (exact) mass is 276 g/mol. The van der Waals surface area contributed by atoms with E-state index in [1.165, 1.54) is 6.07 Å². The van der Waals surface area contributed by atoms with Crippen LogP contribution < -0.4 is 5.32 Å². The number of rotatable bonds is 3. The van der Waals surface area contributed by atoms with Gasteiger partial charge in [-0.25, -0.2) is 4.39 Å². The Morgan fingerprint density at radius 2 is 2.45 bits per heavy atom. The highest BCUT2D eigenvalue weighted by Crippen LogP contribution is 2.19. The van der Waals surface area contributed by atoms with Gasteiger partial charge in [0.25, 0.3) is 5.91 Å². The van der Waals surface area contributed by atoms with Crippen LogP contribution >= 0.6 is 0 Å². The molecule has 3 rings (SSSR count). The molecule has 5 nitrogen and oxygen atoms in total. The summed E-state index contributed by atoms with van der Waals surface area (Å²) in [7, 11) is 2.06. The third-order valence-corrected chi connectivity index (χ3v) is 3.93. The smallest absolute Gasteiger partial charge is 0.272 e. The topological polar surface area (TPSA) is 61.0 Å². The van der Waals surface area contributed by atoms with Crippen molar-refractivity contribution in [2.24, 2.45) is 0 Å². The summed E-state index contributed by atoms with van der Waals surface area (Å²) in [5.41, 5.74) is 0.524. The summed E-state index contributed by atoms with van der Waals surface area (Å²) < 4.78 is 13.5. The molecular formula is C14H17FN4O. The van der Waals surface area contributed by atoms with Crippen molar-refractivity contribution >= 4 is 16.8 Å². The van der Waals surface area contributed by atoms with E-state index in [1.54, 1.807) is 12.1 Å². The minimum Gasteiger partial charge on any atom is -0.349 e. The second-order valence-electron chi connectivity index (χ2n) is 5.22. The maximum Gasteiger partial charge on any atom is 0.272 e. The molecule has 1 aromatic carbocycles. The maximum absolute atomic E-state index is 13.5. The molecule has 0 spiro atoms. The lowest BCUT2D eigenvalue weighted by Gasteiger charge is -2.19. The van der Waals surface area contributed by atoms with E-state index in [-0.39, 0.29) is 17.1 Å². The first kappa shape index (κ1) is 13.1. The van der Waals surface area contributed by atoms with Crippen molar-refractivity contribution in [2.75, 3.05) is 20.1 Å². The Morgan fingerprint density at radius 1 is 1.60 bits per heavy atom. The Balaban J connectivity index is 1.74. The molecule has 106 valence electrons. The summed E-state index contributed by atoms with van der Waals surface area (Å²) in [5.74, 6) is -0.660. The standard InChI is InChI=1S/C14H17FN4O/c1-19-7-3-4-9(19)8-16-14(20)13-10-5-2-6-11(15)12(10)17-18-13/h2,5-6,9H,3-4,7-8H2,1H3,(H,16,20)(H,17,18)/t9-/m0/s1. The minimum atomic E-state index is -0.399. The molecule has 1 amide bonds. The molecule has 2 N–H and O–H groups in total. The van der Waals surface area contributed by atoms with E-state index >= 15 is 0 Å². The van der Waals surface area contributed by atoms with Crippen LogP contribution in [0.25, 0.3) is 10.9 Å². The molecule has 2 aromatic rings. The van der Waals surface area contributed by atoms with Gasteiger partial charge in [0.15, 0.2) is 5.69 Å². The lowest BCUT2D eigenvalue weighted by Crippen LogP contribution is -2.38. The number of likely N-dealkylation sites (tertiary alicyclic amines) is 1. The predicted molar refractivity (Wildman–Crippen MR) is 74.0 cm³/mol. The Bertz CT molecular complexity index is 639. The molecule has 1 saturated heterocycles. The van der Waals surface area contributed by atoms with E-state index in [2.05, 4.69) is 27.5 Å². The van der Waals surface area contributed by atoms with Gasteiger partial charge in [0.05, 0.1) is 0 Å². The fourth-order valence-corrected chi connectivity index (χ4v) is 2.71. The van der Waals surface area contributed by atoms with E-state index in [1.807, 2.05) is 0 Å². The quantitative estimate of drug-likeness (QED) is 0.893. The molecule has 1 atom stereocenters. The van der Waals surface area contributed by atoms with Gasteiger partial charge in [0.1, 0.15) is 11.3 Å². The van der Waals surface area contributed by atoms with E-state index in [9.17, 15) is 9.18 Å². The van der Waals surface area contributed by atoms with Crippen molar-refractivity contribution in [1.29, 1.82) is 0 Å². The summed E-state index contributed by atoms with van der Waals surface area (Å²) in [6.07, 6.45) is 2.25. The van der Waals surface area contributed by atoms with Crippen LogP contribution in [0.15, 0.2) is 18.2 Å². The number of hydrogen-bond donors (Lipinski definition) is 2. The van der Waals surface area contributed by atoms with Gasteiger partial charge in [-0.1, -0.05) is 12.1 Å². The van der Waals surface area contributed by atoms with Crippen LogP contribution in [0.3, 0.4) is 0 Å². The average Bonchev–Trinajstić information content (AvgIpc) is 3.03. The number of para-hydroxylation sites is 1. The van der Waals surface area contributed by atoms with Gasteiger partial charge >= 0.3 is 0 Å². The van der Waals surface area contributed by atoms with Gasteiger partial charge in [0.2, 0.25) is 0 Å². The van der Waals surface area contributed by atoms with Gasteiger partial charge in [-0.2, -0.15) is 5.10 Å². The number of fused-ring (bicyclic) bond motifs is 1. The Labute approximate surface area is 116 Å². The molecular weight excluding hydrogens is 259 g/mol. The summed E-state index contributed by atoms with van der Waals surface area (Å²) in [6, 6.07) is 4.99. The number of carbonyl (C=O) groups excluding carboxylic acids is 1. The first-order valence-corrected chi connectivity index (χ1v) is 6.78. The molecule has 6 heteroatoms. The third kappa shape index (κ3) is 2.27. The van der Waals surface area contributed by atoms with Gasteiger partial charge < -0.3 is 10.2 Å². The van der Waals surface area contributed by atoms with E-state index in [0.29, 0.717) is 18.0 Å². The van der Waals surface area contributed by atoms with Crippen molar-refractivity contribution in [3.63, 3.8) is 0 Å². The lowest BCUT2D eigenvalue weighted by atomic mass is 10.2. The maximum atomic E-state index is 13.5. The highest BCUT2D eigenvalue weighted by molar-refractivity contribution is 6.04. The van der Waals surface area contributed by atoms with Crippen molar-refractivity contribution in [1.82, 2.24) is 20.4 Å². The molecule has 1 aliphatic heterocycles. The van der Waals surface area contributed by atoms with Gasteiger partial charge in [-0.3, -0.25) is 9.89 Å². The van der Waals surface area contributed by atoms with Crippen LogP contribution in [0, 0.1) is 5.82 Å². The van der Waals surface area contributed by atoms with Crippen LogP contribution in [0.1, 0.15) is 23.3 Å². The highest BCUT2D eigenvalue weighted by atomic mass is 19.1. The number of halogens is 1. The first-order chi connectivity index (χ1) is 9.66. The predicted octanol–water partition coefficient (Wildman–Crippen LogP) is 1.53. The molecule has 1 aliphatic rings. The average molecular weight is 276 g/mol. The molecule has 0 radical (unpaired) electrons. The zero-order chi connectivity index (χ0) is 14.1. The first-order valence-electron chi connectivity index (χ1n) is 6.78. The highest BCUT2D eigenvalue weighted by Gasteiger charge is 2.22. The van der Waals surface area contributed by atoms with Crippen LogP contribution in [0.2, 0.25) is 0 Å². The van der Waals surface area contributed by atoms with E-state index < -0.39 is 5.82 Å². The number of aromatic nitrogens is 2. The zero-order valence-corrected chi connectivity index (χ0v) is 11.3. The SMILES string of the molecule is CN1CCC[C@H]1CNC(=O)c1n[nH]c2c(F)cccc12. The minimum absolute atomic E-state index is 0.250. The van der Waals surface area contributed by atoms with Crippen LogP contribution in [-0.4, -0.2) is 47.2 Å². The second-order valence-corrected chi connectivity index (χ2v) is 5.22. The lowest BCUT2D eigenvalue weighted by molar-refractivity contribution is 0.0940. The largest absolute Gasteiger partial charge is 0.349 e. The van der Waals surface area contributed by atoms with Gasteiger partial charge in [0, 0.05) is 18.0 Å². The van der Waals surface area contributed by atoms with Crippen LogP contribution in [0.4, 0.5) is 4.39 Å².